The second-order valence-electron chi connectivity index (χ2n) is 3.52. The van der Waals surface area contributed by atoms with E-state index in [2.05, 4.69) is 5.10 Å². The summed E-state index contributed by atoms with van der Waals surface area (Å²) in [6.07, 6.45) is 0. The average molecular weight is 282 g/mol. The van der Waals surface area contributed by atoms with Crippen molar-refractivity contribution in [3.05, 3.63) is 55.8 Å². The van der Waals surface area contributed by atoms with Gasteiger partial charge in [-0.3, -0.25) is 15.3 Å². The van der Waals surface area contributed by atoms with Crippen LogP contribution < -0.4 is 11.0 Å². The third-order valence-corrected chi connectivity index (χ3v) is 2.67. The zero-order valence-electron chi connectivity index (χ0n) is 9.38. The Morgan fingerprint density at radius 3 is 2.63 bits per heavy atom. The van der Waals surface area contributed by atoms with Crippen LogP contribution in [-0.2, 0) is 0 Å². The van der Waals surface area contributed by atoms with Gasteiger partial charge < -0.3 is 0 Å². The molecular weight excluding hydrogens is 274 g/mol. The number of rotatable bonds is 2. The maximum Gasteiger partial charge on any atom is 0.293 e. The largest absolute Gasteiger partial charge is 0.293 e. The number of nitrogens with zero attached hydrogens (tertiary/aromatic N) is 2. The van der Waals surface area contributed by atoms with Gasteiger partial charge in [0, 0.05) is 5.56 Å². The van der Waals surface area contributed by atoms with Crippen molar-refractivity contribution in [2.45, 2.75) is 0 Å². The van der Waals surface area contributed by atoms with E-state index in [9.17, 15) is 14.9 Å². The van der Waals surface area contributed by atoms with Gasteiger partial charge in [-0.15, -0.1) is 0 Å². The van der Waals surface area contributed by atoms with Crippen molar-refractivity contribution in [1.29, 1.82) is 5.41 Å². The van der Waals surface area contributed by atoms with Gasteiger partial charge in [-0.25, -0.2) is 10.1 Å². The van der Waals surface area contributed by atoms with Crippen LogP contribution in [0.2, 0.25) is 5.02 Å². The molecule has 0 spiro atoms. The Morgan fingerprint density at radius 2 is 2.05 bits per heavy atom. The van der Waals surface area contributed by atoms with Gasteiger partial charge in [0.15, 0.2) is 5.03 Å². The van der Waals surface area contributed by atoms with Gasteiger partial charge in [-0.05, 0) is 0 Å². The van der Waals surface area contributed by atoms with Crippen molar-refractivity contribution in [2.24, 2.45) is 0 Å². The lowest BCUT2D eigenvalue weighted by molar-refractivity contribution is -0.526. The number of hydrazine groups is 1. The molecule has 8 nitrogen and oxygen atoms in total. The molecule has 9 heteroatoms. The Balaban J connectivity index is 2.48. The van der Waals surface area contributed by atoms with E-state index in [1.54, 1.807) is 35.8 Å². The summed E-state index contributed by atoms with van der Waals surface area (Å²) in [6.45, 7) is 0. The van der Waals surface area contributed by atoms with E-state index in [4.69, 9.17) is 17.0 Å². The molecular formula is C10H8ClN5O3. The molecule has 0 aliphatic heterocycles. The second kappa shape index (κ2) is 4.94. The average Bonchev–Trinajstić information content (AvgIpc) is 2.67. The number of hydrogen-bond acceptors (Lipinski definition) is 4. The molecule has 0 fully saturated rings. The van der Waals surface area contributed by atoms with E-state index < -0.39 is 16.6 Å². The van der Waals surface area contributed by atoms with Crippen LogP contribution in [-0.4, -0.2) is 20.8 Å². The number of nitro groups is 1. The molecule has 19 heavy (non-hydrogen) atoms. The van der Waals surface area contributed by atoms with Crippen LogP contribution in [0.4, 0.5) is 0 Å². The van der Waals surface area contributed by atoms with Crippen molar-refractivity contribution >= 4 is 17.6 Å². The first kappa shape index (κ1) is 12.8. The van der Waals surface area contributed by atoms with Crippen LogP contribution in [0.5, 0.6) is 0 Å². The first-order valence-corrected chi connectivity index (χ1v) is 5.44. The molecule has 0 bridgehead atoms. The van der Waals surface area contributed by atoms with E-state index in [-0.39, 0.29) is 5.02 Å². The predicted octanol–water partition coefficient (Wildman–Crippen LogP) is 1.06. The highest BCUT2D eigenvalue weighted by Gasteiger charge is 2.17. The van der Waals surface area contributed by atoms with Crippen LogP contribution in [0.3, 0.4) is 0 Å². The first-order chi connectivity index (χ1) is 9.00. The van der Waals surface area contributed by atoms with Gasteiger partial charge in [0.1, 0.15) is 5.02 Å². The summed E-state index contributed by atoms with van der Waals surface area (Å²) in [6, 6.07) is 8.73. The van der Waals surface area contributed by atoms with Crippen LogP contribution in [0.25, 0.3) is 11.3 Å². The minimum atomic E-state index is -0.939. The highest BCUT2D eigenvalue weighted by molar-refractivity contribution is 6.33. The smallest absolute Gasteiger partial charge is 0.286 e. The molecule has 0 radical (unpaired) electrons. The fraction of sp³-hybridized carbons (Fsp3) is 0. The summed E-state index contributed by atoms with van der Waals surface area (Å²) in [5, 5.41) is 19.1. The Hall–Kier alpha value is -2.61. The molecule has 1 heterocycles. The monoisotopic (exact) mass is 281 g/mol. The molecule has 2 rings (SSSR count). The molecule has 0 atom stereocenters. The summed E-state index contributed by atoms with van der Waals surface area (Å²) in [5.74, 6) is -0.723. The maximum atomic E-state index is 11.8. The quantitative estimate of drug-likeness (QED) is 0.330. The zero-order valence-corrected chi connectivity index (χ0v) is 10.1. The summed E-state index contributed by atoms with van der Waals surface area (Å²) >= 11 is 5.87. The summed E-state index contributed by atoms with van der Waals surface area (Å²) in [7, 11) is 0. The van der Waals surface area contributed by atoms with Crippen molar-refractivity contribution in [3.8, 4) is 11.3 Å². The van der Waals surface area contributed by atoms with E-state index in [0.29, 0.717) is 15.9 Å². The summed E-state index contributed by atoms with van der Waals surface area (Å²) in [5.41, 5.74) is 1.76. The first-order valence-electron chi connectivity index (χ1n) is 5.06. The van der Waals surface area contributed by atoms with Gasteiger partial charge in [0.25, 0.3) is 11.5 Å². The lowest BCUT2D eigenvalue weighted by Crippen LogP contribution is -2.39. The zero-order chi connectivity index (χ0) is 14.0. The number of hydrogen-bond donors (Lipinski definition) is 3. The summed E-state index contributed by atoms with van der Waals surface area (Å²) < 4.78 is 0.660. The van der Waals surface area contributed by atoms with Gasteiger partial charge >= 0.3 is 0 Å². The lowest BCUT2D eigenvalue weighted by atomic mass is 10.2. The van der Waals surface area contributed by atoms with E-state index in [1.807, 2.05) is 0 Å². The Bertz CT molecular complexity index is 691. The number of nitrogens with one attached hydrogen (secondary N) is 3. The molecule has 0 saturated carbocycles. The van der Waals surface area contributed by atoms with E-state index >= 15 is 0 Å². The molecule has 3 N–H and O–H groups in total. The SMILES string of the molecule is N=C(N[N+](=O)[O-])n1[nH]c(-c2ccccc2)c(Cl)c1=O. The van der Waals surface area contributed by atoms with Gasteiger partial charge in [0.2, 0.25) is 0 Å². The van der Waals surface area contributed by atoms with E-state index in [0.717, 1.165) is 0 Å². The van der Waals surface area contributed by atoms with Crippen LogP contribution >= 0.6 is 11.6 Å². The lowest BCUT2D eigenvalue weighted by Gasteiger charge is -2.00. The Labute approximate surface area is 111 Å². The van der Waals surface area contributed by atoms with Crippen molar-refractivity contribution in [1.82, 2.24) is 15.2 Å². The van der Waals surface area contributed by atoms with E-state index in [1.165, 1.54) is 0 Å². The standard InChI is InChI=1S/C10H8ClN5O3/c11-7-8(6-4-2-1-3-5-6)13-15(9(7)17)10(12)14-16(18)19/h1-5,13H,(H2,12,14). The molecule has 1 aromatic heterocycles. The fourth-order valence-corrected chi connectivity index (χ4v) is 1.74. The predicted molar refractivity (Wildman–Crippen MR) is 68.8 cm³/mol. The molecule has 0 saturated heterocycles. The van der Waals surface area contributed by atoms with Gasteiger partial charge in [0.05, 0.1) is 5.69 Å². The number of aromatic amines is 1. The van der Waals surface area contributed by atoms with Crippen molar-refractivity contribution in [3.63, 3.8) is 0 Å². The highest BCUT2D eigenvalue weighted by atomic mass is 35.5. The number of H-pyrrole nitrogens is 1. The van der Waals surface area contributed by atoms with Crippen LogP contribution in [0.15, 0.2) is 35.1 Å². The van der Waals surface area contributed by atoms with Crippen LogP contribution in [0.1, 0.15) is 0 Å². The van der Waals surface area contributed by atoms with Gasteiger partial charge in [-0.2, -0.15) is 4.68 Å². The van der Waals surface area contributed by atoms with Crippen LogP contribution in [0, 0.1) is 15.5 Å². The molecule has 1 aromatic carbocycles. The minimum Gasteiger partial charge on any atom is -0.286 e. The molecule has 0 aliphatic carbocycles. The molecule has 2 aromatic rings. The molecule has 0 amide bonds. The van der Waals surface area contributed by atoms with Gasteiger partial charge in [-0.1, -0.05) is 47.4 Å². The second-order valence-corrected chi connectivity index (χ2v) is 3.90. The number of halogens is 1. The number of aromatic nitrogens is 2. The van der Waals surface area contributed by atoms with Crippen molar-refractivity contribution in [2.75, 3.05) is 0 Å². The third kappa shape index (κ3) is 2.47. The maximum absolute atomic E-state index is 11.8. The molecule has 98 valence electrons. The fourth-order valence-electron chi connectivity index (χ4n) is 1.51. The molecule has 0 aliphatic rings. The normalized spacial score (nSPS) is 10.2. The Kier molecular flexibility index (Phi) is 3.34. The number of benzene rings is 1. The van der Waals surface area contributed by atoms with Crippen molar-refractivity contribution < 1.29 is 5.03 Å². The third-order valence-electron chi connectivity index (χ3n) is 2.32. The summed E-state index contributed by atoms with van der Waals surface area (Å²) in [4.78, 5) is 22.0. The Morgan fingerprint density at radius 1 is 1.42 bits per heavy atom. The minimum absolute atomic E-state index is 0.138. The highest BCUT2D eigenvalue weighted by Crippen LogP contribution is 2.22. The topological polar surface area (TPSA) is 117 Å². The molecule has 0 unspecified atom stereocenters.